The normalized spacial score (nSPS) is 18.3. The van der Waals surface area contributed by atoms with Crippen molar-refractivity contribution in [1.29, 1.82) is 0 Å². The third-order valence-corrected chi connectivity index (χ3v) is 3.55. The minimum atomic E-state index is 0.206. The van der Waals surface area contributed by atoms with Gasteiger partial charge >= 0.3 is 0 Å². The van der Waals surface area contributed by atoms with Crippen LogP contribution in [0.1, 0.15) is 34.5 Å². The average Bonchev–Trinajstić information content (AvgIpc) is 2.75. The third-order valence-electron chi connectivity index (χ3n) is 3.55. The maximum absolute atomic E-state index is 5.61. The Balaban J connectivity index is 1.71. The molecule has 4 heteroatoms. The van der Waals surface area contributed by atoms with E-state index in [0.717, 1.165) is 17.3 Å². The molecule has 0 bridgehead atoms. The molecule has 4 nitrogen and oxygen atoms in total. The van der Waals surface area contributed by atoms with Crippen LogP contribution in [0.2, 0.25) is 0 Å². The molecule has 1 atom stereocenters. The Morgan fingerprint density at radius 2 is 2.16 bits per heavy atom. The van der Waals surface area contributed by atoms with E-state index in [9.17, 15) is 0 Å². The van der Waals surface area contributed by atoms with Gasteiger partial charge in [-0.15, -0.1) is 0 Å². The summed E-state index contributed by atoms with van der Waals surface area (Å²) < 4.78 is 11.2. The summed E-state index contributed by atoms with van der Waals surface area (Å²) in [6.45, 7) is 5.91. The standard InChI is InChI=1S/C15H18N2O2/c1-10-11(2)19-15(17-10)7-16-14-9-18-8-12-5-3-4-6-13(12)14/h3-6,14,16H,7-9H2,1-2H3. The zero-order valence-electron chi connectivity index (χ0n) is 11.3. The number of nitrogens with one attached hydrogen (secondary N) is 1. The first-order valence-corrected chi connectivity index (χ1v) is 6.56. The van der Waals surface area contributed by atoms with Crippen LogP contribution < -0.4 is 5.32 Å². The summed E-state index contributed by atoms with van der Waals surface area (Å²) >= 11 is 0. The van der Waals surface area contributed by atoms with Gasteiger partial charge in [0.15, 0.2) is 0 Å². The van der Waals surface area contributed by atoms with E-state index in [2.05, 4.69) is 28.5 Å². The molecule has 1 aliphatic rings. The molecule has 1 aromatic heterocycles. The first-order valence-electron chi connectivity index (χ1n) is 6.56. The van der Waals surface area contributed by atoms with E-state index in [1.807, 2.05) is 19.9 Å². The summed E-state index contributed by atoms with van der Waals surface area (Å²) in [6.07, 6.45) is 0. The van der Waals surface area contributed by atoms with Gasteiger partial charge in [-0.25, -0.2) is 4.98 Å². The fraction of sp³-hybridized carbons (Fsp3) is 0.400. The second kappa shape index (κ2) is 5.15. The number of hydrogen-bond acceptors (Lipinski definition) is 4. The molecule has 1 N–H and O–H groups in total. The van der Waals surface area contributed by atoms with Crippen molar-refractivity contribution in [3.63, 3.8) is 0 Å². The molecule has 1 aromatic carbocycles. The molecule has 0 radical (unpaired) electrons. The topological polar surface area (TPSA) is 47.3 Å². The van der Waals surface area contributed by atoms with Crippen molar-refractivity contribution in [1.82, 2.24) is 10.3 Å². The summed E-state index contributed by atoms with van der Waals surface area (Å²) in [5, 5.41) is 3.45. The van der Waals surface area contributed by atoms with E-state index in [0.29, 0.717) is 19.8 Å². The van der Waals surface area contributed by atoms with Crippen LogP contribution in [0.25, 0.3) is 0 Å². The number of oxazole rings is 1. The highest BCUT2D eigenvalue weighted by Crippen LogP contribution is 2.24. The second-order valence-electron chi connectivity index (χ2n) is 4.90. The summed E-state index contributed by atoms with van der Waals surface area (Å²) in [5.74, 6) is 1.62. The third kappa shape index (κ3) is 2.55. The van der Waals surface area contributed by atoms with Gasteiger partial charge in [0, 0.05) is 0 Å². The Morgan fingerprint density at radius 3 is 2.95 bits per heavy atom. The van der Waals surface area contributed by atoms with Crippen molar-refractivity contribution < 1.29 is 9.15 Å². The largest absolute Gasteiger partial charge is 0.444 e. The van der Waals surface area contributed by atoms with Gasteiger partial charge in [0.05, 0.1) is 31.5 Å². The van der Waals surface area contributed by atoms with Crippen LogP contribution in [0.5, 0.6) is 0 Å². The Kier molecular flexibility index (Phi) is 3.36. The molecular formula is C15H18N2O2. The molecule has 2 aromatic rings. The van der Waals surface area contributed by atoms with Gasteiger partial charge in [-0.3, -0.25) is 5.32 Å². The van der Waals surface area contributed by atoms with Gasteiger partial charge < -0.3 is 9.15 Å². The van der Waals surface area contributed by atoms with Crippen molar-refractivity contribution in [2.75, 3.05) is 6.61 Å². The lowest BCUT2D eigenvalue weighted by Gasteiger charge is -2.26. The van der Waals surface area contributed by atoms with Gasteiger partial charge in [0.1, 0.15) is 5.76 Å². The smallest absolute Gasteiger partial charge is 0.208 e. The van der Waals surface area contributed by atoms with Crippen molar-refractivity contribution in [2.45, 2.75) is 33.0 Å². The SMILES string of the molecule is Cc1nc(CNC2COCc3ccccc32)oc1C. The number of fused-ring (bicyclic) bond motifs is 1. The lowest BCUT2D eigenvalue weighted by molar-refractivity contribution is 0.0809. The summed E-state index contributed by atoms with van der Waals surface area (Å²) in [4.78, 5) is 4.38. The van der Waals surface area contributed by atoms with Crippen LogP contribution in [0, 0.1) is 13.8 Å². The fourth-order valence-corrected chi connectivity index (χ4v) is 2.38. The maximum Gasteiger partial charge on any atom is 0.208 e. The molecule has 0 fully saturated rings. The molecular weight excluding hydrogens is 240 g/mol. The van der Waals surface area contributed by atoms with E-state index in [1.165, 1.54) is 11.1 Å². The molecule has 19 heavy (non-hydrogen) atoms. The fourth-order valence-electron chi connectivity index (χ4n) is 2.38. The minimum absolute atomic E-state index is 0.206. The van der Waals surface area contributed by atoms with E-state index in [4.69, 9.17) is 9.15 Å². The number of rotatable bonds is 3. The predicted octanol–water partition coefficient (Wildman–Crippen LogP) is 2.65. The minimum Gasteiger partial charge on any atom is -0.444 e. The first-order chi connectivity index (χ1) is 9.24. The van der Waals surface area contributed by atoms with Crippen LogP contribution in [0.4, 0.5) is 0 Å². The number of hydrogen-bond donors (Lipinski definition) is 1. The van der Waals surface area contributed by atoms with E-state index in [-0.39, 0.29) is 6.04 Å². The van der Waals surface area contributed by atoms with Crippen LogP contribution >= 0.6 is 0 Å². The predicted molar refractivity (Wildman–Crippen MR) is 71.7 cm³/mol. The Morgan fingerprint density at radius 1 is 1.32 bits per heavy atom. The molecule has 2 heterocycles. The first kappa shape index (κ1) is 12.4. The quantitative estimate of drug-likeness (QED) is 0.919. The second-order valence-corrected chi connectivity index (χ2v) is 4.90. The number of nitrogens with zero attached hydrogens (tertiary/aromatic N) is 1. The van der Waals surface area contributed by atoms with Crippen LogP contribution in [-0.2, 0) is 17.9 Å². The molecule has 100 valence electrons. The van der Waals surface area contributed by atoms with Crippen LogP contribution in [-0.4, -0.2) is 11.6 Å². The van der Waals surface area contributed by atoms with Crippen molar-refractivity contribution >= 4 is 0 Å². The molecule has 1 unspecified atom stereocenters. The summed E-state index contributed by atoms with van der Waals surface area (Å²) in [7, 11) is 0. The highest BCUT2D eigenvalue weighted by Gasteiger charge is 2.20. The van der Waals surface area contributed by atoms with Crippen molar-refractivity contribution in [3.05, 3.63) is 52.7 Å². The number of aromatic nitrogens is 1. The van der Waals surface area contributed by atoms with Gasteiger partial charge in [0.25, 0.3) is 0 Å². The molecule has 1 aliphatic heterocycles. The molecule has 0 amide bonds. The average molecular weight is 258 g/mol. The van der Waals surface area contributed by atoms with Crippen LogP contribution in [0.15, 0.2) is 28.7 Å². The zero-order valence-corrected chi connectivity index (χ0v) is 11.3. The summed E-state index contributed by atoms with van der Waals surface area (Å²) in [5.41, 5.74) is 3.52. The molecule has 3 rings (SSSR count). The monoisotopic (exact) mass is 258 g/mol. The van der Waals surface area contributed by atoms with E-state index in [1.54, 1.807) is 0 Å². The number of ether oxygens (including phenoxy) is 1. The lowest BCUT2D eigenvalue weighted by Crippen LogP contribution is -2.29. The van der Waals surface area contributed by atoms with Crippen molar-refractivity contribution in [2.24, 2.45) is 0 Å². The molecule has 0 spiro atoms. The Hall–Kier alpha value is -1.65. The Bertz CT molecular complexity index is 558. The van der Waals surface area contributed by atoms with Gasteiger partial charge in [-0.05, 0) is 25.0 Å². The highest BCUT2D eigenvalue weighted by molar-refractivity contribution is 5.31. The maximum atomic E-state index is 5.61. The van der Waals surface area contributed by atoms with Gasteiger partial charge in [-0.2, -0.15) is 0 Å². The van der Waals surface area contributed by atoms with Gasteiger partial charge in [-0.1, -0.05) is 24.3 Å². The number of aryl methyl sites for hydroxylation is 2. The summed E-state index contributed by atoms with van der Waals surface area (Å²) in [6, 6.07) is 8.59. The molecule has 0 saturated heterocycles. The zero-order chi connectivity index (χ0) is 13.2. The molecule has 0 aliphatic carbocycles. The number of benzene rings is 1. The lowest BCUT2D eigenvalue weighted by atomic mass is 9.99. The molecule has 0 saturated carbocycles. The highest BCUT2D eigenvalue weighted by atomic mass is 16.5. The van der Waals surface area contributed by atoms with Crippen LogP contribution in [0.3, 0.4) is 0 Å². The van der Waals surface area contributed by atoms with E-state index >= 15 is 0 Å². The van der Waals surface area contributed by atoms with Crippen molar-refractivity contribution in [3.8, 4) is 0 Å². The van der Waals surface area contributed by atoms with Gasteiger partial charge in [0.2, 0.25) is 5.89 Å². The Labute approximate surface area is 112 Å². The van der Waals surface area contributed by atoms with E-state index < -0.39 is 0 Å².